The van der Waals surface area contributed by atoms with Crippen LogP contribution in [0.3, 0.4) is 0 Å². The molecule has 1 saturated heterocycles. The van der Waals surface area contributed by atoms with E-state index < -0.39 is 5.56 Å². The van der Waals surface area contributed by atoms with E-state index in [2.05, 4.69) is 10.2 Å². The minimum Gasteiger partial charge on any atom is -0.365 e. The molecule has 2 heterocycles. The lowest BCUT2D eigenvalue weighted by Gasteiger charge is -2.36. The number of nitrogens with zero attached hydrogens (tertiary/aromatic N) is 3. The third-order valence-corrected chi connectivity index (χ3v) is 5.05. The Hall–Kier alpha value is -2.86. The minimum atomic E-state index is -0.404. The molecule has 1 aliphatic heterocycles. The molecule has 26 heavy (non-hydrogen) atoms. The Labute approximate surface area is 155 Å². The Morgan fingerprint density at radius 3 is 2.54 bits per heavy atom. The van der Waals surface area contributed by atoms with Crippen LogP contribution in [-0.2, 0) is 0 Å². The van der Waals surface area contributed by atoms with Gasteiger partial charge in [0.1, 0.15) is 5.02 Å². The fourth-order valence-corrected chi connectivity index (χ4v) is 3.46. The first kappa shape index (κ1) is 16.6. The Kier molecular flexibility index (Phi) is 4.34. The van der Waals surface area contributed by atoms with E-state index in [9.17, 15) is 9.59 Å². The van der Waals surface area contributed by atoms with Crippen LogP contribution >= 0.6 is 11.6 Å². The van der Waals surface area contributed by atoms with E-state index in [-0.39, 0.29) is 10.9 Å². The molecule has 1 N–H and O–H groups in total. The summed E-state index contributed by atoms with van der Waals surface area (Å²) in [5.41, 5.74) is 0.889. The number of anilines is 1. The summed E-state index contributed by atoms with van der Waals surface area (Å²) in [6.45, 7) is 2.33. The van der Waals surface area contributed by atoms with Crippen molar-refractivity contribution < 1.29 is 4.79 Å². The van der Waals surface area contributed by atoms with Gasteiger partial charge in [-0.1, -0.05) is 41.9 Å². The molecular weight excluding hydrogens is 352 g/mol. The van der Waals surface area contributed by atoms with Crippen molar-refractivity contribution in [2.24, 2.45) is 0 Å². The number of H-pyrrole nitrogens is 1. The highest BCUT2D eigenvalue weighted by atomic mass is 35.5. The number of fused-ring (bicyclic) bond motifs is 1. The molecule has 0 atom stereocenters. The van der Waals surface area contributed by atoms with Gasteiger partial charge in [-0.2, -0.15) is 5.10 Å². The topological polar surface area (TPSA) is 69.3 Å². The number of nitrogens with one attached hydrogen (secondary N) is 1. The molecule has 1 aliphatic rings. The van der Waals surface area contributed by atoms with Crippen molar-refractivity contribution in [3.8, 4) is 0 Å². The number of halogens is 1. The minimum absolute atomic E-state index is 0.0190. The highest BCUT2D eigenvalue weighted by Gasteiger charge is 2.24. The zero-order valence-corrected chi connectivity index (χ0v) is 14.7. The van der Waals surface area contributed by atoms with Crippen molar-refractivity contribution in [1.29, 1.82) is 0 Å². The highest BCUT2D eigenvalue weighted by Crippen LogP contribution is 2.23. The Balaban J connectivity index is 1.49. The second kappa shape index (κ2) is 6.80. The number of carbonyl (C=O) groups is 1. The van der Waals surface area contributed by atoms with Crippen LogP contribution in [-0.4, -0.2) is 47.2 Å². The number of hydrogen-bond donors (Lipinski definition) is 1. The molecule has 2 aromatic carbocycles. The van der Waals surface area contributed by atoms with E-state index in [0.29, 0.717) is 37.4 Å². The fraction of sp³-hybridized carbons (Fsp3) is 0.211. The van der Waals surface area contributed by atoms with E-state index >= 15 is 0 Å². The molecule has 0 saturated carbocycles. The van der Waals surface area contributed by atoms with Crippen LogP contribution in [0.1, 0.15) is 10.4 Å². The largest absolute Gasteiger partial charge is 0.365 e. The second-order valence-electron chi connectivity index (χ2n) is 6.24. The molecule has 1 aromatic heterocycles. The number of aromatic amines is 1. The van der Waals surface area contributed by atoms with Crippen LogP contribution in [0.5, 0.6) is 0 Å². The van der Waals surface area contributed by atoms with Gasteiger partial charge < -0.3 is 9.80 Å². The van der Waals surface area contributed by atoms with Gasteiger partial charge in [0.2, 0.25) is 0 Å². The van der Waals surface area contributed by atoms with Gasteiger partial charge in [-0.05, 0) is 22.9 Å². The summed E-state index contributed by atoms with van der Waals surface area (Å²) in [6, 6.07) is 13.8. The zero-order valence-electron chi connectivity index (χ0n) is 14.0. The normalized spacial score (nSPS) is 14.7. The van der Waals surface area contributed by atoms with Gasteiger partial charge in [0.25, 0.3) is 11.5 Å². The molecule has 0 spiro atoms. The summed E-state index contributed by atoms with van der Waals surface area (Å²) >= 11 is 6.07. The summed E-state index contributed by atoms with van der Waals surface area (Å²) in [5.74, 6) is 0.0190. The molecule has 0 bridgehead atoms. The van der Waals surface area contributed by atoms with E-state index in [4.69, 9.17) is 11.6 Å². The van der Waals surface area contributed by atoms with Gasteiger partial charge in [0.05, 0.1) is 11.9 Å². The lowest BCUT2D eigenvalue weighted by Crippen LogP contribution is -2.49. The second-order valence-corrected chi connectivity index (χ2v) is 6.62. The molecule has 1 fully saturated rings. The molecule has 3 aromatic rings. The predicted octanol–water partition coefficient (Wildman–Crippen LogP) is 2.54. The standard InChI is InChI=1S/C19H17ClN4O2/c20-17-16(12-21-22-18(17)25)23-7-9-24(10-8-23)19(26)15-6-5-13-3-1-2-4-14(13)11-15/h1-6,11-12H,7-10H2,(H,22,25). The van der Waals surface area contributed by atoms with Gasteiger partial charge in [0.15, 0.2) is 0 Å². The number of carbonyl (C=O) groups excluding carboxylic acids is 1. The molecule has 0 unspecified atom stereocenters. The number of rotatable bonds is 2. The molecule has 7 heteroatoms. The Morgan fingerprint density at radius 2 is 1.77 bits per heavy atom. The average Bonchev–Trinajstić information content (AvgIpc) is 2.69. The lowest BCUT2D eigenvalue weighted by atomic mass is 10.1. The van der Waals surface area contributed by atoms with Gasteiger partial charge >= 0.3 is 0 Å². The molecule has 132 valence electrons. The maximum Gasteiger partial charge on any atom is 0.285 e. The van der Waals surface area contributed by atoms with Crippen molar-refractivity contribution in [2.75, 3.05) is 31.1 Å². The van der Waals surface area contributed by atoms with E-state index in [1.54, 1.807) is 6.20 Å². The van der Waals surface area contributed by atoms with Crippen LogP contribution in [0.15, 0.2) is 53.5 Å². The zero-order chi connectivity index (χ0) is 18.1. The Bertz CT molecular complexity index is 1030. The van der Waals surface area contributed by atoms with Gasteiger partial charge in [-0.3, -0.25) is 9.59 Å². The summed E-state index contributed by atoms with van der Waals surface area (Å²) in [4.78, 5) is 28.2. The van der Waals surface area contributed by atoms with E-state index in [1.165, 1.54) is 0 Å². The maximum atomic E-state index is 12.8. The molecule has 1 amide bonds. The number of piperazine rings is 1. The van der Waals surface area contributed by atoms with Gasteiger partial charge in [0, 0.05) is 31.7 Å². The number of benzene rings is 2. The van der Waals surface area contributed by atoms with Crippen molar-refractivity contribution in [3.63, 3.8) is 0 Å². The first-order valence-corrected chi connectivity index (χ1v) is 8.77. The summed E-state index contributed by atoms with van der Waals surface area (Å²) in [6.07, 6.45) is 1.55. The molecule has 6 nitrogen and oxygen atoms in total. The smallest absolute Gasteiger partial charge is 0.285 e. The summed E-state index contributed by atoms with van der Waals surface area (Å²) < 4.78 is 0. The van der Waals surface area contributed by atoms with Crippen LogP contribution in [0.25, 0.3) is 10.8 Å². The number of aromatic nitrogens is 2. The third-order valence-electron chi connectivity index (χ3n) is 4.68. The van der Waals surface area contributed by atoms with Crippen LogP contribution in [0, 0.1) is 0 Å². The monoisotopic (exact) mass is 368 g/mol. The SMILES string of the molecule is O=C(c1ccc2ccccc2c1)N1CCN(c2cn[nH]c(=O)c2Cl)CC1. The summed E-state index contributed by atoms with van der Waals surface area (Å²) in [5, 5.41) is 8.42. The quantitative estimate of drug-likeness (QED) is 0.754. The van der Waals surface area contributed by atoms with Gasteiger partial charge in [-0.25, -0.2) is 5.10 Å². The van der Waals surface area contributed by atoms with Crippen LogP contribution < -0.4 is 10.5 Å². The third kappa shape index (κ3) is 3.04. The maximum absolute atomic E-state index is 12.8. The van der Waals surface area contributed by atoms with E-state index in [1.807, 2.05) is 52.3 Å². The van der Waals surface area contributed by atoms with Crippen LogP contribution in [0.2, 0.25) is 5.02 Å². The van der Waals surface area contributed by atoms with Crippen molar-refractivity contribution >= 4 is 34.0 Å². The molecular formula is C19H17ClN4O2. The van der Waals surface area contributed by atoms with Crippen LogP contribution in [0.4, 0.5) is 5.69 Å². The predicted molar refractivity (Wildman–Crippen MR) is 102 cm³/mol. The highest BCUT2D eigenvalue weighted by molar-refractivity contribution is 6.33. The summed E-state index contributed by atoms with van der Waals surface area (Å²) in [7, 11) is 0. The lowest BCUT2D eigenvalue weighted by molar-refractivity contribution is 0.0747. The molecule has 0 radical (unpaired) electrons. The van der Waals surface area contributed by atoms with Crippen molar-refractivity contribution in [1.82, 2.24) is 15.1 Å². The Morgan fingerprint density at radius 1 is 1.04 bits per heavy atom. The fourth-order valence-electron chi connectivity index (χ4n) is 3.25. The average molecular weight is 369 g/mol. The first-order valence-electron chi connectivity index (χ1n) is 8.40. The van der Waals surface area contributed by atoms with Crippen molar-refractivity contribution in [3.05, 3.63) is 69.6 Å². The number of amides is 1. The van der Waals surface area contributed by atoms with Crippen molar-refractivity contribution in [2.45, 2.75) is 0 Å². The number of hydrogen-bond acceptors (Lipinski definition) is 4. The van der Waals surface area contributed by atoms with Gasteiger partial charge in [-0.15, -0.1) is 0 Å². The molecule has 4 rings (SSSR count). The molecule has 0 aliphatic carbocycles. The van der Waals surface area contributed by atoms with E-state index in [0.717, 1.165) is 10.8 Å². The first-order chi connectivity index (χ1) is 12.6.